The van der Waals surface area contributed by atoms with Crippen LogP contribution in [-0.2, 0) is 12.8 Å². The molecule has 2 heteroatoms. The summed E-state index contributed by atoms with van der Waals surface area (Å²) in [4.78, 5) is 0. The van der Waals surface area contributed by atoms with Gasteiger partial charge in [-0.05, 0) is 55.1 Å². The van der Waals surface area contributed by atoms with Crippen LogP contribution in [0.15, 0.2) is 48.5 Å². The molecular formula is C19H25NO. The zero-order chi connectivity index (χ0) is 15.1. The van der Waals surface area contributed by atoms with Crippen LogP contribution in [0.4, 0.5) is 0 Å². The van der Waals surface area contributed by atoms with Crippen molar-refractivity contribution in [3.05, 3.63) is 65.2 Å². The number of aryl methyl sites for hydroxylation is 2. The van der Waals surface area contributed by atoms with Crippen LogP contribution in [0.2, 0.25) is 0 Å². The first-order valence-corrected chi connectivity index (χ1v) is 7.66. The fourth-order valence-corrected chi connectivity index (χ4v) is 2.75. The molecule has 0 aliphatic carbocycles. The molecule has 2 nitrogen and oxygen atoms in total. The van der Waals surface area contributed by atoms with Crippen LogP contribution >= 0.6 is 0 Å². The Morgan fingerprint density at radius 2 is 1.76 bits per heavy atom. The molecule has 0 aliphatic rings. The van der Waals surface area contributed by atoms with E-state index < -0.39 is 0 Å². The number of rotatable bonds is 7. The third-order valence-corrected chi connectivity index (χ3v) is 4.04. The number of hydrogen-bond acceptors (Lipinski definition) is 2. The second-order valence-electron chi connectivity index (χ2n) is 5.28. The highest BCUT2D eigenvalue weighted by molar-refractivity contribution is 5.31. The molecule has 0 amide bonds. The Bertz CT molecular complexity index is 548. The Labute approximate surface area is 128 Å². The molecule has 0 saturated heterocycles. The van der Waals surface area contributed by atoms with Crippen LogP contribution in [-0.4, -0.2) is 14.2 Å². The molecule has 0 saturated carbocycles. The minimum Gasteiger partial charge on any atom is -0.497 e. The fourth-order valence-electron chi connectivity index (χ4n) is 2.75. The molecule has 0 fully saturated rings. The monoisotopic (exact) mass is 283 g/mol. The molecule has 0 heterocycles. The zero-order valence-electron chi connectivity index (χ0n) is 13.2. The van der Waals surface area contributed by atoms with Gasteiger partial charge in [0.1, 0.15) is 5.75 Å². The molecular weight excluding hydrogens is 258 g/mol. The lowest BCUT2D eigenvalue weighted by Crippen LogP contribution is -2.18. The molecule has 0 spiro atoms. The van der Waals surface area contributed by atoms with Gasteiger partial charge < -0.3 is 10.1 Å². The van der Waals surface area contributed by atoms with E-state index in [-0.39, 0.29) is 0 Å². The van der Waals surface area contributed by atoms with E-state index in [1.165, 1.54) is 16.7 Å². The molecule has 1 unspecified atom stereocenters. The lowest BCUT2D eigenvalue weighted by molar-refractivity contribution is 0.414. The molecule has 0 bridgehead atoms. The van der Waals surface area contributed by atoms with E-state index in [0.29, 0.717) is 6.04 Å². The third kappa shape index (κ3) is 4.08. The van der Waals surface area contributed by atoms with Gasteiger partial charge in [-0.2, -0.15) is 0 Å². The minimum atomic E-state index is 0.406. The summed E-state index contributed by atoms with van der Waals surface area (Å²) in [5, 5.41) is 3.46. The Balaban J connectivity index is 2.05. The average Bonchev–Trinajstić information content (AvgIpc) is 2.56. The van der Waals surface area contributed by atoms with Gasteiger partial charge in [-0.25, -0.2) is 0 Å². The molecule has 2 aromatic rings. The average molecular weight is 283 g/mol. The Kier molecular flexibility index (Phi) is 5.82. The topological polar surface area (TPSA) is 21.3 Å². The van der Waals surface area contributed by atoms with Gasteiger partial charge in [0.15, 0.2) is 0 Å². The number of hydrogen-bond donors (Lipinski definition) is 1. The smallest absolute Gasteiger partial charge is 0.118 e. The van der Waals surface area contributed by atoms with Crippen LogP contribution in [0.1, 0.15) is 36.1 Å². The van der Waals surface area contributed by atoms with E-state index >= 15 is 0 Å². The minimum absolute atomic E-state index is 0.406. The number of nitrogens with one attached hydrogen (secondary N) is 1. The van der Waals surface area contributed by atoms with Gasteiger partial charge in [-0.3, -0.25) is 0 Å². The predicted octanol–water partition coefficient (Wildman–Crippen LogP) is 4.15. The van der Waals surface area contributed by atoms with Crippen molar-refractivity contribution in [3.63, 3.8) is 0 Å². The predicted molar refractivity (Wildman–Crippen MR) is 88.9 cm³/mol. The van der Waals surface area contributed by atoms with E-state index in [0.717, 1.165) is 25.0 Å². The molecule has 2 aromatic carbocycles. The first-order valence-electron chi connectivity index (χ1n) is 7.66. The van der Waals surface area contributed by atoms with Crippen molar-refractivity contribution in [3.8, 4) is 5.75 Å². The van der Waals surface area contributed by atoms with Crippen LogP contribution in [0.3, 0.4) is 0 Å². The molecule has 0 radical (unpaired) electrons. The SMILES string of the molecule is CCc1ccccc1C(CCc1ccc(OC)cc1)NC. The van der Waals surface area contributed by atoms with Gasteiger partial charge in [0.25, 0.3) is 0 Å². The second-order valence-corrected chi connectivity index (χ2v) is 5.28. The summed E-state index contributed by atoms with van der Waals surface area (Å²) in [6.45, 7) is 2.22. The summed E-state index contributed by atoms with van der Waals surface area (Å²) in [5.74, 6) is 0.917. The first-order chi connectivity index (χ1) is 10.3. The van der Waals surface area contributed by atoms with E-state index in [1.54, 1.807) is 7.11 Å². The Morgan fingerprint density at radius 1 is 1.05 bits per heavy atom. The summed E-state index contributed by atoms with van der Waals surface area (Å²) in [5.41, 5.74) is 4.22. The van der Waals surface area contributed by atoms with Gasteiger partial charge in [-0.1, -0.05) is 43.3 Å². The van der Waals surface area contributed by atoms with Crippen molar-refractivity contribution >= 4 is 0 Å². The van der Waals surface area contributed by atoms with Crippen molar-refractivity contribution in [2.24, 2.45) is 0 Å². The molecule has 0 aliphatic heterocycles. The molecule has 1 N–H and O–H groups in total. The highest BCUT2D eigenvalue weighted by Crippen LogP contribution is 2.23. The maximum Gasteiger partial charge on any atom is 0.118 e. The standard InChI is InChI=1S/C19H25NO/c1-4-16-7-5-6-8-18(16)19(20-2)14-11-15-9-12-17(21-3)13-10-15/h5-10,12-13,19-20H,4,11,14H2,1-3H3. The highest BCUT2D eigenvalue weighted by Gasteiger charge is 2.12. The maximum atomic E-state index is 5.20. The van der Waals surface area contributed by atoms with Crippen molar-refractivity contribution in [2.45, 2.75) is 32.2 Å². The van der Waals surface area contributed by atoms with Crippen LogP contribution in [0, 0.1) is 0 Å². The Morgan fingerprint density at radius 3 is 2.38 bits per heavy atom. The molecule has 1 atom stereocenters. The zero-order valence-corrected chi connectivity index (χ0v) is 13.2. The number of benzene rings is 2. The van der Waals surface area contributed by atoms with Gasteiger partial charge in [0.05, 0.1) is 7.11 Å². The highest BCUT2D eigenvalue weighted by atomic mass is 16.5. The van der Waals surface area contributed by atoms with Gasteiger partial charge >= 0.3 is 0 Å². The fraction of sp³-hybridized carbons (Fsp3) is 0.368. The van der Waals surface area contributed by atoms with Crippen LogP contribution in [0.25, 0.3) is 0 Å². The van der Waals surface area contributed by atoms with Gasteiger partial charge in [0.2, 0.25) is 0 Å². The van der Waals surface area contributed by atoms with Gasteiger partial charge in [0, 0.05) is 6.04 Å². The molecule has 112 valence electrons. The normalized spacial score (nSPS) is 12.1. The van der Waals surface area contributed by atoms with Crippen molar-refractivity contribution in [1.29, 1.82) is 0 Å². The van der Waals surface area contributed by atoms with Crippen LogP contribution < -0.4 is 10.1 Å². The summed E-state index contributed by atoms with van der Waals surface area (Å²) in [6.07, 6.45) is 3.24. The van der Waals surface area contributed by atoms with Crippen molar-refractivity contribution in [2.75, 3.05) is 14.2 Å². The van der Waals surface area contributed by atoms with Crippen molar-refractivity contribution < 1.29 is 4.74 Å². The number of methoxy groups -OCH3 is 1. The Hall–Kier alpha value is -1.80. The third-order valence-electron chi connectivity index (χ3n) is 4.04. The summed E-state index contributed by atoms with van der Waals surface area (Å²) in [6, 6.07) is 17.5. The first kappa shape index (κ1) is 15.6. The lowest BCUT2D eigenvalue weighted by Gasteiger charge is -2.20. The van der Waals surface area contributed by atoms with E-state index in [1.807, 2.05) is 19.2 Å². The van der Waals surface area contributed by atoms with Crippen molar-refractivity contribution in [1.82, 2.24) is 5.32 Å². The van der Waals surface area contributed by atoms with Crippen LogP contribution in [0.5, 0.6) is 5.75 Å². The maximum absolute atomic E-state index is 5.20. The second kappa shape index (κ2) is 7.84. The number of ether oxygens (including phenoxy) is 1. The van der Waals surface area contributed by atoms with E-state index in [9.17, 15) is 0 Å². The van der Waals surface area contributed by atoms with E-state index in [2.05, 4.69) is 48.6 Å². The summed E-state index contributed by atoms with van der Waals surface area (Å²) >= 11 is 0. The molecule has 2 rings (SSSR count). The summed E-state index contributed by atoms with van der Waals surface area (Å²) in [7, 11) is 3.75. The molecule has 21 heavy (non-hydrogen) atoms. The largest absolute Gasteiger partial charge is 0.497 e. The lowest BCUT2D eigenvalue weighted by atomic mass is 9.94. The summed E-state index contributed by atoms with van der Waals surface area (Å²) < 4.78 is 5.20. The van der Waals surface area contributed by atoms with Gasteiger partial charge in [-0.15, -0.1) is 0 Å². The quantitative estimate of drug-likeness (QED) is 0.824. The van der Waals surface area contributed by atoms with E-state index in [4.69, 9.17) is 4.74 Å². The molecule has 0 aromatic heterocycles.